The molecular formula is C24H29N3O2. The number of carbonyl (C=O) groups excluding carboxylic acids is 1. The van der Waals surface area contributed by atoms with Crippen LogP contribution in [0.4, 0.5) is 11.4 Å². The fourth-order valence-electron chi connectivity index (χ4n) is 5.24. The summed E-state index contributed by atoms with van der Waals surface area (Å²) in [5.74, 6) is 1.26. The first kappa shape index (κ1) is 18.3. The number of piperazine rings is 1. The van der Waals surface area contributed by atoms with E-state index in [9.17, 15) is 4.79 Å². The Morgan fingerprint density at radius 1 is 0.966 bits per heavy atom. The van der Waals surface area contributed by atoms with E-state index < -0.39 is 0 Å². The van der Waals surface area contributed by atoms with Crippen LogP contribution in [-0.4, -0.2) is 56.7 Å². The highest BCUT2D eigenvalue weighted by Gasteiger charge is 2.43. The van der Waals surface area contributed by atoms with Gasteiger partial charge in [-0.2, -0.15) is 0 Å². The van der Waals surface area contributed by atoms with Gasteiger partial charge in [-0.25, -0.2) is 0 Å². The lowest BCUT2D eigenvalue weighted by atomic mass is 9.83. The molecule has 2 saturated heterocycles. The van der Waals surface area contributed by atoms with Crippen LogP contribution >= 0.6 is 0 Å². The third kappa shape index (κ3) is 3.33. The molecule has 2 fully saturated rings. The molecule has 1 amide bonds. The molecule has 5 heteroatoms. The van der Waals surface area contributed by atoms with Crippen molar-refractivity contribution < 1.29 is 9.53 Å². The van der Waals surface area contributed by atoms with Gasteiger partial charge in [-0.05, 0) is 55.2 Å². The lowest BCUT2D eigenvalue weighted by Crippen LogP contribution is -2.61. The van der Waals surface area contributed by atoms with E-state index in [1.807, 2.05) is 12.1 Å². The fourth-order valence-corrected chi connectivity index (χ4v) is 5.24. The molecule has 3 aliphatic heterocycles. The van der Waals surface area contributed by atoms with E-state index in [4.69, 9.17) is 4.74 Å². The Bertz CT molecular complexity index is 876. The van der Waals surface area contributed by atoms with Crippen LogP contribution in [0.3, 0.4) is 0 Å². The molecule has 0 spiro atoms. The number of nitrogens with zero attached hydrogens (tertiary/aromatic N) is 3. The van der Waals surface area contributed by atoms with E-state index in [0.29, 0.717) is 5.91 Å². The molecule has 2 aromatic carbocycles. The Kier molecular flexibility index (Phi) is 4.82. The van der Waals surface area contributed by atoms with Crippen LogP contribution in [0, 0.1) is 5.92 Å². The predicted octanol–water partition coefficient (Wildman–Crippen LogP) is 3.19. The topological polar surface area (TPSA) is 36.0 Å². The molecule has 5 nitrogen and oxygen atoms in total. The fraction of sp³-hybridized carbons (Fsp3) is 0.458. The van der Waals surface area contributed by atoms with Gasteiger partial charge in [0.1, 0.15) is 5.75 Å². The summed E-state index contributed by atoms with van der Waals surface area (Å²) in [5, 5.41) is 0. The second kappa shape index (κ2) is 7.62. The SMILES string of the molecule is COc1ccc(N2CCN3c4ccccc4C[C@H](C(=O)N4CCCC4)[C@@H]3C2)cc1. The first-order valence-corrected chi connectivity index (χ1v) is 10.8. The predicted molar refractivity (Wildman–Crippen MR) is 116 cm³/mol. The van der Waals surface area contributed by atoms with Crippen molar-refractivity contribution in [2.45, 2.75) is 25.3 Å². The van der Waals surface area contributed by atoms with Crippen LogP contribution in [0.5, 0.6) is 5.75 Å². The maximum atomic E-state index is 13.5. The molecule has 0 aromatic heterocycles. The van der Waals surface area contributed by atoms with Crippen molar-refractivity contribution in [2.75, 3.05) is 49.6 Å². The molecule has 2 aromatic rings. The first-order chi connectivity index (χ1) is 14.2. The number of para-hydroxylation sites is 1. The maximum absolute atomic E-state index is 13.5. The van der Waals surface area contributed by atoms with Crippen molar-refractivity contribution in [2.24, 2.45) is 5.92 Å². The van der Waals surface area contributed by atoms with Crippen molar-refractivity contribution in [3.63, 3.8) is 0 Å². The molecule has 29 heavy (non-hydrogen) atoms. The second-order valence-electron chi connectivity index (χ2n) is 8.38. The monoisotopic (exact) mass is 391 g/mol. The van der Waals surface area contributed by atoms with Crippen LogP contribution < -0.4 is 14.5 Å². The second-order valence-corrected chi connectivity index (χ2v) is 8.38. The zero-order valence-corrected chi connectivity index (χ0v) is 17.1. The number of likely N-dealkylation sites (tertiary alicyclic amines) is 1. The standard InChI is InChI=1S/C24H29N3O2/c1-29-20-10-8-19(9-11-20)26-14-15-27-22-7-3-2-6-18(22)16-21(23(27)17-26)24(28)25-12-4-5-13-25/h2-3,6-11,21,23H,4-5,12-17H2,1H3/t21-,23-/m0/s1. The molecule has 3 heterocycles. The number of hydrogen-bond donors (Lipinski definition) is 0. The molecule has 2 atom stereocenters. The molecule has 0 radical (unpaired) electrons. The smallest absolute Gasteiger partial charge is 0.228 e. The van der Waals surface area contributed by atoms with E-state index in [-0.39, 0.29) is 12.0 Å². The van der Waals surface area contributed by atoms with Crippen molar-refractivity contribution in [3.8, 4) is 5.75 Å². The van der Waals surface area contributed by atoms with Gasteiger partial charge in [0.2, 0.25) is 5.91 Å². The van der Waals surface area contributed by atoms with Gasteiger partial charge >= 0.3 is 0 Å². The lowest BCUT2D eigenvalue weighted by molar-refractivity contribution is -0.135. The minimum Gasteiger partial charge on any atom is -0.497 e. The lowest BCUT2D eigenvalue weighted by Gasteiger charge is -2.50. The van der Waals surface area contributed by atoms with Crippen molar-refractivity contribution in [1.29, 1.82) is 0 Å². The van der Waals surface area contributed by atoms with Gasteiger partial charge in [0.15, 0.2) is 0 Å². The molecule has 0 aliphatic carbocycles. The van der Waals surface area contributed by atoms with Crippen LogP contribution in [0.1, 0.15) is 18.4 Å². The van der Waals surface area contributed by atoms with Crippen LogP contribution in [0.25, 0.3) is 0 Å². The van der Waals surface area contributed by atoms with E-state index in [0.717, 1.165) is 57.7 Å². The van der Waals surface area contributed by atoms with Crippen LogP contribution in [0.2, 0.25) is 0 Å². The largest absolute Gasteiger partial charge is 0.497 e. The van der Waals surface area contributed by atoms with E-state index in [1.54, 1.807) is 7.11 Å². The highest BCUT2D eigenvalue weighted by molar-refractivity contribution is 5.82. The minimum absolute atomic E-state index is 0.0315. The number of benzene rings is 2. The van der Waals surface area contributed by atoms with E-state index in [2.05, 4.69) is 51.1 Å². The van der Waals surface area contributed by atoms with Gasteiger partial charge < -0.3 is 19.4 Å². The number of rotatable bonds is 3. The molecular weight excluding hydrogens is 362 g/mol. The summed E-state index contributed by atoms with van der Waals surface area (Å²) in [6.07, 6.45) is 3.13. The Balaban J connectivity index is 1.44. The zero-order chi connectivity index (χ0) is 19.8. The molecule has 3 aliphatic rings. The molecule has 0 saturated carbocycles. The number of fused-ring (bicyclic) bond motifs is 3. The van der Waals surface area contributed by atoms with Crippen molar-refractivity contribution in [3.05, 3.63) is 54.1 Å². The van der Waals surface area contributed by atoms with Crippen LogP contribution in [0.15, 0.2) is 48.5 Å². The number of methoxy groups -OCH3 is 1. The Hall–Kier alpha value is -2.69. The highest BCUT2D eigenvalue weighted by Crippen LogP contribution is 2.38. The van der Waals surface area contributed by atoms with Gasteiger partial charge in [-0.15, -0.1) is 0 Å². The summed E-state index contributed by atoms with van der Waals surface area (Å²) in [7, 11) is 1.70. The molecule has 5 rings (SSSR count). The summed E-state index contributed by atoms with van der Waals surface area (Å²) in [6.45, 7) is 4.63. The number of hydrogen-bond acceptors (Lipinski definition) is 4. The Morgan fingerprint density at radius 3 is 2.48 bits per heavy atom. The summed E-state index contributed by atoms with van der Waals surface area (Å²) in [4.78, 5) is 20.5. The third-order valence-corrected chi connectivity index (χ3v) is 6.80. The normalized spacial score (nSPS) is 23.6. The molecule has 152 valence electrons. The first-order valence-electron chi connectivity index (χ1n) is 10.8. The zero-order valence-electron chi connectivity index (χ0n) is 17.1. The average Bonchev–Trinajstić information content (AvgIpc) is 3.33. The van der Waals surface area contributed by atoms with Gasteiger partial charge in [0.25, 0.3) is 0 Å². The molecule has 0 bridgehead atoms. The quantitative estimate of drug-likeness (QED) is 0.805. The summed E-state index contributed by atoms with van der Waals surface area (Å²) in [6, 6.07) is 17.2. The van der Waals surface area contributed by atoms with Crippen molar-refractivity contribution in [1.82, 2.24) is 4.90 Å². The minimum atomic E-state index is 0.0315. The van der Waals surface area contributed by atoms with Gasteiger partial charge in [0.05, 0.1) is 19.1 Å². The maximum Gasteiger partial charge on any atom is 0.228 e. The Morgan fingerprint density at radius 2 is 1.72 bits per heavy atom. The summed E-state index contributed by atoms with van der Waals surface area (Å²) < 4.78 is 5.31. The number of carbonyl (C=O) groups is 1. The molecule has 0 unspecified atom stereocenters. The third-order valence-electron chi connectivity index (χ3n) is 6.80. The number of amides is 1. The summed E-state index contributed by atoms with van der Waals surface area (Å²) in [5.41, 5.74) is 3.84. The average molecular weight is 392 g/mol. The van der Waals surface area contributed by atoms with E-state index in [1.165, 1.54) is 16.9 Å². The van der Waals surface area contributed by atoms with Crippen LogP contribution in [-0.2, 0) is 11.2 Å². The van der Waals surface area contributed by atoms with Gasteiger partial charge in [-0.1, -0.05) is 18.2 Å². The highest BCUT2D eigenvalue weighted by atomic mass is 16.5. The van der Waals surface area contributed by atoms with Gasteiger partial charge in [-0.3, -0.25) is 4.79 Å². The number of ether oxygens (including phenoxy) is 1. The summed E-state index contributed by atoms with van der Waals surface area (Å²) >= 11 is 0. The Labute approximate surface area is 172 Å². The van der Waals surface area contributed by atoms with E-state index >= 15 is 0 Å². The number of anilines is 2. The van der Waals surface area contributed by atoms with Gasteiger partial charge in [0, 0.05) is 44.1 Å². The van der Waals surface area contributed by atoms with Crippen molar-refractivity contribution >= 4 is 17.3 Å². The molecule has 0 N–H and O–H groups in total.